The van der Waals surface area contributed by atoms with Gasteiger partial charge in [0.25, 0.3) is 5.56 Å². The summed E-state index contributed by atoms with van der Waals surface area (Å²) in [5.41, 5.74) is 2.28. The number of carbonyl (C=O) groups is 1. The summed E-state index contributed by atoms with van der Waals surface area (Å²) >= 11 is 0. The molecule has 0 saturated heterocycles. The first-order valence-electron chi connectivity index (χ1n) is 8.70. The summed E-state index contributed by atoms with van der Waals surface area (Å²) in [6.45, 7) is 5.59. The maximum atomic E-state index is 12.8. The second-order valence-corrected chi connectivity index (χ2v) is 6.34. The lowest BCUT2D eigenvalue weighted by Gasteiger charge is -2.29. The van der Waals surface area contributed by atoms with Crippen molar-refractivity contribution in [3.63, 3.8) is 0 Å². The molecule has 4 rings (SSSR count). The van der Waals surface area contributed by atoms with Gasteiger partial charge in [0, 0.05) is 17.5 Å². The zero-order valence-corrected chi connectivity index (χ0v) is 15.3. The number of ether oxygens (including phenoxy) is 1. The molecule has 138 valence electrons. The van der Waals surface area contributed by atoms with E-state index in [1.165, 1.54) is 10.6 Å². The van der Waals surface area contributed by atoms with Crippen LogP contribution in [0.2, 0.25) is 0 Å². The summed E-state index contributed by atoms with van der Waals surface area (Å²) in [5.74, 6) is 0.402. The van der Waals surface area contributed by atoms with Crippen molar-refractivity contribution in [1.29, 1.82) is 0 Å². The van der Waals surface area contributed by atoms with Crippen LogP contribution in [0.25, 0.3) is 5.78 Å². The van der Waals surface area contributed by atoms with Gasteiger partial charge in [-0.1, -0.05) is 30.3 Å². The van der Waals surface area contributed by atoms with Crippen molar-refractivity contribution < 1.29 is 9.53 Å². The lowest BCUT2D eigenvalue weighted by atomic mass is 9.95. The van der Waals surface area contributed by atoms with Gasteiger partial charge in [-0.15, -0.1) is 5.10 Å². The first kappa shape index (κ1) is 17.0. The molecule has 1 aromatic carbocycles. The van der Waals surface area contributed by atoms with Crippen LogP contribution in [0.4, 0.5) is 5.95 Å². The van der Waals surface area contributed by atoms with Crippen LogP contribution in [0.15, 0.2) is 52.5 Å². The lowest BCUT2D eigenvalue weighted by Crippen LogP contribution is -2.29. The van der Waals surface area contributed by atoms with Gasteiger partial charge in [-0.25, -0.2) is 9.78 Å². The molecule has 1 aliphatic heterocycles. The average molecular weight is 365 g/mol. The fourth-order valence-electron chi connectivity index (χ4n) is 3.38. The number of hydrogen-bond donors (Lipinski definition) is 1. The van der Waals surface area contributed by atoms with Crippen molar-refractivity contribution in [2.75, 3.05) is 11.9 Å². The first-order chi connectivity index (χ1) is 13.0. The largest absolute Gasteiger partial charge is 0.463 e. The van der Waals surface area contributed by atoms with Crippen molar-refractivity contribution in [2.24, 2.45) is 0 Å². The van der Waals surface area contributed by atoms with Crippen LogP contribution in [0.1, 0.15) is 31.1 Å². The molecule has 2 aromatic heterocycles. The second-order valence-electron chi connectivity index (χ2n) is 6.34. The van der Waals surface area contributed by atoms with Gasteiger partial charge in [0.05, 0.1) is 18.2 Å². The number of esters is 1. The third-order valence-electron chi connectivity index (χ3n) is 4.49. The van der Waals surface area contributed by atoms with Gasteiger partial charge in [0.1, 0.15) is 0 Å². The molecule has 1 aliphatic rings. The highest BCUT2D eigenvalue weighted by atomic mass is 16.5. The standard InChI is InChI=1S/C19H19N5O3/c1-4-27-17(26)15-12(3)21-18-22-24-14(25)10-11(2)20-19(24)23(18)16(15)13-8-6-5-7-9-13/h5-10,16H,4H2,1-3H3,(H,21,22). The molecular weight excluding hydrogens is 346 g/mol. The van der Waals surface area contributed by atoms with Crippen molar-refractivity contribution >= 4 is 17.7 Å². The Bertz CT molecular complexity index is 1130. The van der Waals surface area contributed by atoms with Gasteiger partial charge in [0.2, 0.25) is 11.7 Å². The van der Waals surface area contributed by atoms with Gasteiger partial charge in [-0.3, -0.25) is 9.36 Å². The normalized spacial score (nSPS) is 16.2. The number of benzene rings is 1. The van der Waals surface area contributed by atoms with Crippen LogP contribution in [-0.2, 0) is 9.53 Å². The number of fused-ring (bicyclic) bond motifs is 3. The molecule has 8 heteroatoms. The summed E-state index contributed by atoms with van der Waals surface area (Å²) in [7, 11) is 0. The van der Waals surface area contributed by atoms with Crippen LogP contribution in [0, 0.1) is 6.92 Å². The molecule has 0 aliphatic carbocycles. The summed E-state index contributed by atoms with van der Waals surface area (Å²) in [5, 5.41) is 7.48. The minimum atomic E-state index is -0.507. The minimum Gasteiger partial charge on any atom is -0.463 e. The van der Waals surface area contributed by atoms with E-state index < -0.39 is 12.0 Å². The van der Waals surface area contributed by atoms with E-state index in [1.54, 1.807) is 25.3 Å². The molecular formula is C19H19N5O3. The number of rotatable bonds is 3. The maximum absolute atomic E-state index is 12.8. The molecule has 0 amide bonds. The molecule has 0 spiro atoms. The van der Waals surface area contributed by atoms with Gasteiger partial charge in [0.15, 0.2) is 0 Å². The zero-order valence-electron chi connectivity index (χ0n) is 15.3. The van der Waals surface area contributed by atoms with Crippen LogP contribution in [0.3, 0.4) is 0 Å². The van der Waals surface area contributed by atoms with E-state index in [0.29, 0.717) is 28.7 Å². The molecule has 0 saturated carbocycles. The summed E-state index contributed by atoms with van der Waals surface area (Å²) < 4.78 is 8.30. The number of aromatic nitrogens is 4. The van der Waals surface area contributed by atoms with Crippen molar-refractivity contribution in [1.82, 2.24) is 19.2 Å². The van der Waals surface area contributed by atoms with Crippen LogP contribution < -0.4 is 10.9 Å². The number of allylic oxidation sites excluding steroid dienone is 1. The van der Waals surface area contributed by atoms with Crippen molar-refractivity contribution in [3.05, 3.63) is 69.3 Å². The molecule has 1 unspecified atom stereocenters. The monoisotopic (exact) mass is 365 g/mol. The van der Waals surface area contributed by atoms with E-state index in [9.17, 15) is 9.59 Å². The molecule has 0 fully saturated rings. The molecule has 1 N–H and O–H groups in total. The smallest absolute Gasteiger partial charge is 0.338 e. The predicted octanol–water partition coefficient (Wildman–Crippen LogP) is 2.05. The zero-order chi connectivity index (χ0) is 19.1. The Kier molecular flexibility index (Phi) is 4.02. The predicted molar refractivity (Wildman–Crippen MR) is 99.5 cm³/mol. The first-order valence-corrected chi connectivity index (χ1v) is 8.70. The lowest BCUT2D eigenvalue weighted by molar-refractivity contribution is -0.139. The average Bonchev–Trinajstić information content (AvgIpc) is 2.99. The Balaban J connectivity index is 2.04. The summed E-state index contributed by atoms with van der Waals surface area (Å²) in [6, 6.07) is 10.5. The van der Waals surface area contributed by atoms with E-state index in [-0.39, 0.29) is 12.2 Å². The fourth-order valence-corrected chi connectivity index (χ4v) is 3.38. The number of carbonyl (C=O) groups excluding carboxylic acids is 1. The molecule has 0 bridgehead atoms. The Morgan fingerprint density at radius 3 is 2.70 bits per heavy atom. The number of aryl methyl sites for hydroxylation is 1. The molecule has 0 radical (unpaired) electrons. The Morgan fingerprint density at radius 1 is 1.26 bits per heavy atom. The quantitative estimate of drug-likeness (QED) is 0.715. The Hall–Kier alpha value is -3.42. The topological polar surface area (TPSA) is 90.5 Å². The number of anilines is 1. The van der Waals surface area contributed by atoms with E-state index in [0.717, 1.165) is 5.56 Å². The molecule has 3 aromatic rings. The van der Waals surface area contributed by atoms with Crippen LogP contribution >= 0.6 is 0 Å². The summed E-state index contributed by atoms with van der Waals surface area (Å²) in [4.78, 5) is 29.6. The maximum Gasteiger partial charge on any atom is 0.338 e. The molecule has 8 nitrogen and oxygen atoms in total. The minimum absolute atomic E-state index is 0.269. The number of nitrogens with one attached hydrogen (secondary N) is 1. The molecule has 1 atom stereocenters. The highest BCUT2D eigenvalue weighted by molar-refractivity contribution is 5.92. The highest BCUT2D eigenvalue weighted by Crippen LogP contribution is 2.37. The van der Waals surface area contributed by atoms with E-state index in [1.807, 2.05) is 30.3 Å². The van der Waals surface area contributed by atoms with Gasteiger partial charge >= 0.3 is 5.97 Å². The van der Waals surface area contributed by atoms with Crippen molar-refractivity contribution in [3.8, 4) is 0 Å². The van der Waals surface area contributed by atoms with Crippen LogP contribution in [-0.4, -0.2) is 31.7 Å². The Labute approximate surface area is 155 Å². The third-order valence-corrected chi connectivity index (χ3v) is 4.49. The SMILES string of the molecule is CCOC(=O)C1=C(C)Nc2nn3c(=O)cc(C)nc3n2C1c1ccccc1. The molecule has 3 heterocycles. The third kappa shape index (κ3) is 2.69. The second kappa shape index (κ2) is 6.39. The van der Waals surface area contributed by atoms with Gasteiger partial charge in [-0.05, 0) is 26.3 Å². The van der Waals surface area contributed by atoms with Crippen LogP contribution in [0.5, 0.6) is 0 Å². The van der Waals surface area contributed by atoms with E-state index >= 15 is 0 Å². The number of nitrogens with zero attached hydrogens (tertiary/aromatic N) is 4. The fraction of sp³-hybridized carbons (Fsp3) is 0.263. The van der Waals surface area contributed by atoms with Gasteiger partial charge in [-0.2, -0.15) is 4.52 Å². The number of hydrogen-bond acceptors (Lipinski definition) is 6. The molecule has 27 heavy (non-hydrogen) atoms. The summed E-state index contributed by atoms with van der Waals surface area (Å²) in [6.07, 6.45) is 0. The Morgan fingerprint density at radius 2 is 2.00 bits per heavy atom. The van der Waals surface area contributed by atoms with Gasteiger partial charge < -0.3 is 10.1 Å². The van der Waals surface area contributed by atoms with Crippen molar-refractivity contribution in [2.45, 2.75) is 26.8 Å². The van der Waals surface area contributed by atoms with E-state index in [2.05, 4.69) is 15.4 Å². The van der Waals surface area contributed by atoms with E-state index in [4.69, 9.17) is 4.74 Å². The highest BCUT2D eigenvalue weighted by Gasteiger charge is 2.35.